The summed E-state index contributed by atoms with van der Waals surface area (Å²) in [4.78, 5) is 29.1. The molecule has 1 aromatic heterocycles. The van der Waals surface area contributed by atoms with Gasteiger partial charge in [0.1, 0.15) is 5.82 Å². The molecule has 0 radical (unpaired) electrons. The molecule has 0 unspecified atom stereocenters. The minimum atomic E-state index is -1.22. The number of hydrogen-bond donors (Lipinski definition) is 1. The highest BCUT2D eigenvalue weighted by molar-refractivity contribution is 5.94. The molecule has 1 aromatic carbocycles. The van der Waals surface area contributed by atoms with E-state index in [1.165, 1.54) is 0 Å². The number of aryl methyl sites for hydroxylation is 1. The molecule has 128 valence electrons. The summed E-state index contributed by atoms with van der Waals surface area (Å²) < 4.78 is 1.55. The Morgan fingerprint density at radius 1 is 1.12 bits per heavy atom. The van der Waals surface area contributed by atoms with Crippen LogP contribution in [0.4, 0.5) is 0 Å². The van der Waals surface area contributed by atoms with Crippen molar-refractivity contribution in [3.8, 4) is 11.3 Å². The van der Waals surface area contributed by atoms with Gasteiger partial charge in [-0.15, -0.1) is 0 Å². The molecule has 0 saturated carbocycles. The average Bonchev–Trinajstić information content (AvgIpc) is 2.59. The predicted molar refractivity (Wildman–Crippen MR) is 94.4 cm³/mol. The van der Waals surface area contributed by atoms with Gasteiger partial charge in [0.15, 0.2) is 5.56 Å². The number of aromatic carboxylic acids is 1. The molecule has 0 fully saturated rings. The third kappa shape index (κ3) is 3.91. The first-order chi connectivity index (χ1) is 11.6. The van der Waals surface area contributed by atoms with Crippen LogP contribution >= 0.6 is 0 Å². The van der Waals surface area contributed by atoms with Crippen LogP contribution in [0.25, 0.3) is 11.3 Å². The first-order valence-corrected chi connectivity index (χ1v) is 8.52. The summed E-state index contributed by atoms with van der Waals surface area (Å²) in [6.07, 6.45) is 4.34. The van der Waals surface area contributed by atoms with Crippen molar-refractivity contribution < 1.29 is 9.90 Å². The average molecular weight is 328 g/mol. The fraction of sp³-hybridized carbons (Fsp3) is 0.421. The summed E-state index contributed by atoms with van der Waals surface area (Å²) in [5.74, 6) is -0.544. The van der Waals surface area contributed by atoms with Gasteiger partial charge in [0, 0.05) is 18.5 Å². The molecule has 24 heavy (non-hydrogen) atoms. The van der Waals surface area contributed by atoms with Crippen LogP contribution in [0.3, 0.4) is 0 Å². The summed E-state index contributed by atoms with van der Waals surface area (Å²) >= 11 is 0. The van der Waals surface area contributed by atoms with Gasteiger partial charge in [-0.3, -0.25) is 9.36 Å². The van der Waals surface area contributed by atoms with Crippen molar-refractivity contribution in [2.24, 2.45) is 0 Å². The summed E-state index contributed by atoms with van der Waals surface area (Å²) in [6.45, 7) is 4.63. The minimum Gasteiger partial charge on any atom is -0.477 e. The molecule has 0 amide bonds. The Balaban J connectivity index is 2.68. The molecule has 0 aliphatic heterocycles. The zero-order valence-corrected chi connectivity index (χ0v) is 14.3. The van der Waals surface area contributed by atoms with Crippen LogP contribution in [-0.4, -0.2) is 20.6 Å². The monoisotopic (exact) mass is 328 g/mol. The number of carboxylic acids is 1. The maximum atomic E-state index is 12.8. The SMILES string of the molecule is CCCCc1nc(-c2ccccc2)c(C(=O)O)c(=O)n1CCCC. The summed E-state index contributed by atoms with van der Waals surface area (Å²) in [5.41, 5.74) is 0.243. The fourth-order valence-corrected chi connectivity index (χ4v) is 2.67. The van der Waals surface area contributed by atoms with Crippen LogP contribution in [-0.2, 0) is 13.0 Å². The van der Waals surface area contributed by atoms with Crippen LogP contribution < -0.4 is 5.56 Å². The Bertz CT molecular complexity index is 751. The lowest BCUT2D eigenvalue weighted by Gasteiger charge is -2.15. The normalized spacial score (nSPS) is 10.8. The quantitative estimate of drug-likeness (QED) is 0.801. The highest BCUT2D eigenvalue weighted by atomic mass is 16.4. The van der Waals surface area contributed by atoms with E-state index in [2.05, 4.69) is 11.9 Å². The number of aromatic nitrogens is 2. The molecule has 5 nitrogen and oxygen atoms in total. The van der Waals surface area contributed by atoms with E-state index in [0.29, 0.717) is 24.4 Å². The van der Waals surface area contributed by atoms with E-state index in [-0.39, 0.29) is 11.3 Å². The second-order valence-corrected chi connectivity index (χ2v) is 5.84. The van der Waals surface area contributed by atoms with Crippen molar-refractivity contribution in [2.75, 3.05) is 0 Å². The van der Waals surface area contributed by atoms with Crippen molar-refractivity contribution >= 4 is 5.97 Å². The number of rotatable bonds is 8. The van der Waals surface area contributed by atoms with Crippen molar-refractivity contribution in [1.82, 2.24) is 9.55 Å². The van der Waals surface area contributed by atoms with Crippen molar-refractivity contribution in [2.45, 2.75) is 52.5 Å². The minimum absolute atomic E-state index is 0.238. The van der Waals surface area contributed by atoms with E-state index in [4.69, 9.17) is 0 Å². The molecule has 0 bridgehead atoms. The standard InChI is InChI=1S/C19H24N2O3/c1-3-5-12-15-20-17(14-10-8-7-9-11-14)16(19(23)24)18(22)21(15)13-6-4-2/h7-11H,3-6,12-13H2,1-2H3,(H,23,24). The molecule has 0 aliphatic carbocycles. The third-order valence-corrected chi connectivity index (χ3v) is 4.00. The topological polar surface area (TPSA) is 72.2 Å². The van der Waals surface area contributed by atoms with Crippen LogP contribution in [0.5, 0.6) is 0 Å². The molecule has 1 heterocycles. The second-order valence-electron chi connectivity index (χ2n) is 5.84. The molecule has 2 aromatic rings. The van der Waals surface area contributed by atoms with E-state index in [9.17, 15) is 14.7 Å². The first kappa shape index (κ1) is 17.9. The summed E-state index contributed by atoms with van der Waals surface area (Å²) in [5, 5.41) is 9.57. The molecule has 1 N–H and O–H groups in total. The van der Waals surface area contributed by atoms with Gasteiger partial charge in [-0.1, -0.05) is 57.0 Å². The Hall–Kier alpha value is -2.43. The van der Waals surface area contributed by atoms with Crippen LogP contribution in [0.15, 0.2) is 35.1 Å². The zero-order chi connectivity index (χ0) is 17.5. The lowest BCUT2D eigenvalue weighted by atomic mass is 10.1. The van der Waals surface area contributed by atoms with E-state index in [1.54, 1.807) is 16.7 Å². The lowest BCUT2D eigenvalue weighted by Crippen LogP contribution is -2.31. The van der Waals surface area contributed by atoms with Crippen LogP contribution in [0, 0.1) is 0 Å². The van der Waals surface area contributed by atoms with Gasteiger partial charge in [-0.05, 0) is 12.8 Å². The predicted octanol–water partition coefficient (Wildman–Crippen LogP) is 3.75. The third-order valence-electron chi connectivity index (χ3n) is 4.00. The Labute approximate surface area is 142 Å². The van der Waals surface area contributed by atoms with Gasteiger partial charge in [0.25, 0.3) is 5.56 Å². The number of carbonyl (C=O) groups is 1. The van der Waals surface area contributed by atoms with Crippen LogP contribution in [0.1, 0.15) is 55.7 Å². The molecular formula is C19H24N2O3. The van der Waals surface area contributed by atoms with E-state index in [0.717, 1.165) is 25.7 Å². The van der Waals surface area contributed by atoms with Gasteiger partial charge in [0.2, 0.25) is 0 Å². The van der Waals surface area contributed by atoms with Gasteiger partial charge in [-0.2, -0.15) is 0 Å². The Morgan fingerprint density at radius 2 is 1.79 bits per heavy atom. The summed E-state index contributed by atoms with van der Waals surface area (Å²) in [7, 11) is 0. The van der Waals surface area contributed by atoms with Gasteiger partial charge >= 0.3 is 5.97 Å². The first-order valence-electron chi connectivity index (χ1n) is 8.52. The van der Waals surface area contributed by atoms with E-state index >= 15 is 0 Å². The van der Waals surface area contributed by atoms with E-state index < -0.39 is 11.5 Å². The highest BCUT2D eigenvalue weighted by Crippen LogP contribution is 2.20. The Kier molecular flexibility index (Phi) is 6.29. The smallest absolute Gasteiger partial charge is 0.343 e. The van der Waals surface area contributed by atoms with Gasteiger partial charge < -0.3 is 5.11 Å². The summed E-state index contributed by atoms with van der Waals surface area (Å²) in [6, 6.07) is 9.06. The molecule has 0 saturated heterocycles. The molecule has 2 rings (SSSR count). The molecule has 5 heteroatoms. The number of nitrogens with zero attached hydrogens (tertiary/aromatic N) is 2. The molecular weight excluding hydrogens is 304 g/mol. The van der Waals surface area contributed by atoms with Crippen molar-refractivity contribution in [1.29, 1.82) is 0 Å². The largest absolute Gasteiger partial charge is 0.477 e. The van der Waals surface area contributed by atoms with E-state index in [1.807, 2.05) is 25.1 Å². The maximum absolute atomic E-state index is 12.8. The maximum Gasteiger partial charge on any atom is 0.343 e. The van der Waals surface area contributed by atoms with Crippen LogP contribution in [0.2, 0.25) is 0 Å². The number of hydrogen-bond acceptors (Lipinski definition) is 3. The van der Waals surface area contributed by atoms with Gasteiger partial charge in [-0.25, -0.2) is 9.78 Å². The molecule has 0 atom stereocenters. The van der Waals surface area contributed by atoms with Crippen molar-refractivity contribution in [3.63, 3.8) is 0 Å². The lowest BCUT2D eigenvalue weighted by molar-refractivity contribution is 0.0694. The Morgan fingerprint density at radius 3 is 2.38 bits per heavy atom. The number of carboxylic acid groups (broad SMARTS) is 1. The number of benzene rings is 1. The zero-order valence-electron chi connectivity index (χ0n) is 14.3. The second kappa shape index (κ2) is 8.43. The fourth-order valence-electron chi connectivity index (χ4n) is 2.67. The molecule has 0 spiro atoms. The highest BCUT2D eigenvalue weighted by Gasteiger charge is 2.22. The van der Waals surface area contributed by atoms with Crippen molar-refractivity contribution in [3.05, 3.63) is 52.1 Å². The molecule has 0 aliphatic rings. The van der Waals surface area contributed by atoms with Gasteiger partial charge in [0.05, 0.1) is 5.69 Å². The number of unbranched alkanes of at least 4 members (excludes halogenated alkanes) is 2.